The van der Waals surface area contributed by atoms with Crippen molar-refractivity contribution in [2.75, 3.05) is 13.2 Å². The van der Waals surface area contributed by atoms with Crippen molar-refractivity contribution in [3.8, 4) is 0 Å². The molecule has 4 heteroatoms. The van der Waals surface area contributed by atoms with E-state index in [0.717, 1.165) is 18.8 Å². The van der Waals surface area contributed by atoms with Gasteiger partial charge in [-0.15, -0.1) is 0 Å². The van der Waals surface area contributed by atoms with E-state index < -0.39 is 12.2 Å². The maximum atomic E-state index is 9.58. The number of aliphatic hydroxyl groups excluding tert-OH is 4. The van der Waals surface area contributed by atoms with Crippen molar-refractivity contribution in [1.82, 2.24) is 0 Å². The van der Waals surface area contributed by atoms with E-state index in [9.17, 15) is 10.2 Å². The van der Waals surface area contributed by atoms with Crippen molar-refractivity contribution in [3.63, 3.8) is 0 Å². The van der Waals surface area contributed by atoms with E-state index in [4.69, 9.17) is 10.2 Å². The quantitative estimate of drug-likeness (QED) is 0.285. The highest BCUT2D eigenvalue weighted by Gasteiger charge is 2.18. The Morgan fingerprint density at radius 1 is 0.625 bits per heavy atom. The standard InChI is InChI=1S/C20H41O4/c1-2-3-4-5-6-7-8-9-10-11-12-13-18(14-19(23)16-21)15-20(24)17-22/h19-24H,2-17H2,1H3. The van der Waals surface area contributed by atoms with Gasteiger partial charge >= 0.3 is 0 Å². The molecule has 2 unspecified atom stereocenters. The minimum absolute atomic E-state index is 0.253. The van der Waals surface area contributed by atoms with Gasteiger partial charge in [0.1, 0.15) is 0 Å². The van der Waals surface area contributed by atoms with Crippen molar-refractivity contribution in [3.05, 3.63) is 5.92 Å². The van der Waals surface area contributed by atoms with Gasteiger partial charge in [0, 0.05) is 0 Å². The Morgan fingerprint density at radius 2 is 1.00 bits per heavy atom. The third-order valence-corrected chi connectivity index (χ3v) is 4.60. The summed E-state index contributed by atoms with van der Waals surface area (Å²) in [4.78, 5) is 0. The topological polar surface area (TPSA) is 80.9 Å². The molecule has 0 aromatic heterocycles. The molecule has 0 aliphatic heterocycles. The molecule has 0 saturated carbocycles. The lowest BCUT2D eigenvalue weighted by Crippen LogP contribution is -2.22. The summed E-state index contributed by atoms with van der Waals surface area (Å²) in [6, 6.07) is 0. The molecule has 0 aromatic rings. The van der Waals surface area contributed by atoms with Crippen molar-refractivity contribution in [2.24, 2.45) is 0 Å². The van der Waals surface area contributed by atoms with Gasteiger partial charge in [0.15, 0.2) is 0 Å². The Morgan fingerprint density at radius 3 is 1.38 bits per heavy atom. The second-order valence-corrected chi connectivity index (χ2v) is 7.12. The summed E-state index contributed by atoms with van der Waals surface area (Å²) in [6.07, 6.45) is 14.5. The van der Waals surface area contributed by atoms with Crippen LogP contribution in [0.3, 0.4) is 0 Å². The van der Waals surface area contributed by atoms with Gasteiger partial charge in [-0.05, 0) is 25.2 Å². The van der Waals surface area contributed by atoms with E-state index in [2.05, 4.69) is 6.92 Å². The Kier molecular flexibility index (Phi) is 17.5. The molecule has 0 heterocycles. The van der Waals surface area contributed by atoms with Gasteiger partial charge in [0.05, 0.1) is 25.4 Å². The molecule has 0 rings (SSSR count). The third-order valence-electron chi connectivity index (χ3n) is 4.60. The molecule has 0 saturated heterocycles. The minimum atomic E-state index is -0.751. The third kappa shape index (κ3) is 15.4. The van der Waals surface area contributed by atoms with E-state index in [1.165, 1.54) is 64.2 Å². The van der Waals surface area contributed by atoms with Crippen LogP contribution in [0.4, 0.5) is 0 Å². The molecule has 0 aliphatic carbocycles. The average molecular weight is 346 g/mol. The molecule has 24 heavy (non-hydrogen) atoms. The monoisotopic (exact) mass is 345 g/mol. The lowest BCUT2D eigenvalue weighted by Gasteiger charge is -2.21. The van der Waals surface area contributed by atoms with Crippen LogP contribution < -0.4 is 0 Å². The SMILES string of the molecule is CCCCCCCCCCCCC[C](CC(O)CO)CC(O)CO. The van der Waals surface area contributed by atoms with Gasteiger partial charge in [-0.1, -0.05) is 77.6 Å². The molecule has 0 amide bonds. The zero-order valence-electron chi connectivity index (χ0n) is 15.8. The number of hydrogen-bond acceptors (Lipinski definition) is 4. The number of aliphatic hydroxyl groups is 4. The summed E-state index contributed by atoms with van der Waals surface area (Å²) in [7, 11) is 0. The summed E-state index contributed by atoms with van der Waals surface area (Å²) in [5.41, 5.74) is 0. The summed E-state index contributed by atoms with van der Waals surface area (Å²) in [6.45, 7) is 1.74. The number of hydrogen-bond donors (Lipinski definition) is 4. The summed E-state index contributed by atoms with van der Waals surface area (Å²) in [5, 5.41) is 37.1. The molecule has 0 aromatic carbocycles. The summed E-state index contributed by atoms with van der Waals surface area (Å²) in [5.74, 6) is 1.05. The largest absolute Gasteiger partial charge is 0.394 e. The Labute approximate surface area is 149 Å². The molecular formula is C20H41O4. The molecule has 0 spiro atoms. The average Bonchev–Trinajstić information content (AvgIpc) is 2.59. The Bertz CT molecular complexity index is 236. The highest BCUT2D eigenvalue weighted by Crippen LogP contribution is 2.24. The molecule has 2 atom stereocenters. The first-order valence-corrected chi connectivity index (χ1v) is 10.0. The number of unbranched alkanes of at least 4 members (excludes halogenated alkanes) is 10. The van der Waals surface area contributed by atoms with Gasteiger partial charge in [-0.3, -0.25) is 0 Å². The van der Waals surface area contributed by atoms with Gasteiger partial charge in [-0.25, -0.2) is 0 Å². The van der Waals surface area contributed by atoms with Gasteiger partial charge < -0.3 is 20.4 Å². The highest BCUT2D eigenvalue weighted by atomic mass is 16.3. The Hall–Kier alpha value is -0.160. The second kappa shape index (κ2) is 17.7. The molecular weight excluding hydrogens is 304 g/mol. The van der Waals surface area contributed by atoms with Crippen molar-refractivity contribution in [1.29, 1.82) is 0 Å². The van der Waals surface area contributed by atoms with Crippen LogP contribution in [-0.2, 0) is 0 Å². The van der Waals surface area contributed by atoms with Crippen LogP contribution in [0.1, 0.15) is 96.8 Å². The van der Waals surface area contributed by atoms with E-state index in [1.807, 2.05) is 0 Å². The van der Waals surface area contributed by atoms with Crippen LogP contribution in [-0.4, -0.2) is 45.8 Å². The lowest BCUT2D eigenvalue weighted by molar-refractivity contribution is 0.0709. The van der Waals surface area contributed by atoms with Gasteiger partial charge in [0.2, 0.25) is 0 Å². The molecule has 4 N–H and O–H groups in total. The predicted molar refractivity (Wildman–Crippen MR) is 99.7 cm³/mol. The molecule has 0 bridgehead atoms. The summed E-state index contributed by atoms with van der Waals surface area (Å²) >= 11 is 0. The minimum Gasteiger partial charge on any atom is -0.394 e. The molecule has 0 fully saturated rings. The first-order valence-electron chi connectivity index (χ1n) is 10.0. The van der Waals surface area contributed by atoms with Crippen LogP contribution in [0.2, 0.25) is 0 Å². The first-order chi connectivity index (χ1) is 11.6. The van der Waals surface area contributed by atoms with Crippen LogP contribution in [0, 0.1) is 5.92 Å². The van der Waals surface area contributed by atoms with E-state index >= 15 is 0 Å². The zero-order chi connectivity index (χ0) is 18.0. The summed E-state index contributed by atoms with van der Waals surface area (Å²) < 4.78 is 0. The normalized spacial score (nSPS) is 14.2. The smallest absolute Gasteiger partial charge is 0.0776 e. The predicted octanol–water partition coefficient (Wildman–Crippen LogP) is 3.75. The molecule has 0 aliphatic rings. The fraction of sp³-hybridized carbons (Fsp3) is 0.950. The van der Waals surface area contributed by atoms with Gasteiger partial charge in [-0.2, -0.15) is 0 Å². The molecule has 1 radical (unpaired) electrons. The van der Waals surface area contributed by atoms with Crippen LogP contribution >= 0.6 is 0 Å². The van der Waals surface area contributed by atoms with Gasteiger partial charge in [0.25, 0.3) is 0 Å². The van der Waals surface area contributed by atoms with Crippen molar-refractivity contribution >= 4 is 0 Å². The van der Waals surface area contributed by atoms with Crippen LogP contribution in [0.15, 0.2) is 0 Å². The Balaban J connectivity index is 3.61. The zero-order valence-corrected chi connectivity index (χ0v) is 15.8. The highest BCUT2D eigenvalue weighted by molar-refractivity contribution is 4.93. The molecule has 145 valence electrons. The maximum absolute atomic E-state index is 9.58. The van der Waals surface area contributed by atoms with E-state index in [1.54, 1.807) is 0 Å². The number of rotatable bonds is 18. The fourth-order valence-corrected chi connectivity index (χ4v) is 3.12. The van der Waals surface area contributed by atoms with E-state index in [0.29, 0.717) is 12.8 Å². The first kappa shape index (κ1) is 23.8. The van der Waals surface area contributed by atoms with Crippen molar-refractivity contribution in [2.45, 2.75) is 109 Å². The van der Waals surface area contributed by atoms with Crippen LogP contribution in [0.25, 0.3) is 0 Å². The van der Waals surface area contributed by atoms with Crippen molar-refractivity contribution < 1.29 is 20.4 Å². The maximum Gasteiger partial charge on any atom is 0.0776 e. The van der Waals surface area contributed by atoms with E-state index in [-0.39, 0.29) is 13.2 Å². The lowest BCUT2D eigenvalue weighted by atomic mass is 9.90. The second-order valence-electron chi connectivity index (χ2n) is 7.12. The molecule has 4 nitrogen and oxygen atoms in total. The fourth-order valence-electron chi connectivity index (χ4n) is 3.12. The van der Waals surface area contributed by atoms with Crippen LogP contribution in [0.5, 0.6) is 0 Å².